The predicted molar refractivity (Wildman–Crippen MR) is 71.9 cm³/mol. The number of likely N-dealkylation sites (N-methyl/N-ethyl adjacent to an activating group) is 1. The summed E-state index contributed by atoms with van der Waals surface area (Å²) in [5.41, 5.74) is 0.813. The zero-order valence-electron chi connectivity index (χ0n) is 10.9. The third-order valence-electron chi connectivity index (χ3n) is 3.20. The Morgan fingerprint density at radius 2 is 2.28 bits per heavy atom. The lowest BCUT2D eigenvalue weighted by molar-refractivity contribution is -0.130. The first kappa shape index (κ1) is 12.8. The minimum atomic E-state index is 0.0706. The summed E-state index contributed by atoms with van der Waals surface area (Å²) >= 11 is 0. The van der Waals surface area contributed by atoms with Crippen LogP contribution in [-0.4, -0.2) is 53.4 Å². The summed E-state index contributed by atoms with van der Waals surface area (Å²) in [5, 5.41) is 0. The van der Waals surface area contributed by atoms with Gasteiger partial charge < -0.3 is 9.80 Å². The molecule has 4 nitrogen and oxygen atoms in total. The van der Waals surface area contributed by atoms with Crippen molar-refractivity contribution in [2.45, 2.75) is 13.0 Å². The minimum absolute atomic E-state index is 0.0706. The number of carbonyl (C=O) groups excluding carboxylic acids is 1. The van der Waals surface area contributed by atoms with Crippen molar-refractivity contribution in [1.82, 2.24) is 14.8 Å². The molecule has 4 heteroatoms. The van der Waals surface area contributed by atoms with Gasteiger partial charge in [-0.15, -0.1) is 0 Å². The van der Waals surface area contributed by atoms with E-state index in [0.29, 0.717) is 0 Å². The van der Waals surface area contributed by atoms with Gasteiger partial charge in [0.25, 0.3) is 0 Å². The van der Waals surface area contributed by atoms with E-state index in [4.69, 9.17) is 0 Å². The fourth-order valence-corrected chi connectivity index (χ4v) is 2.19. The lowest BCUT2D eigenvalue weighted by atomic mass is 10.2. The Bertz CT molecular complexity index is 430. The van der Waals surface area contributed by atoms with Crippen LogP contribution >= 0.6 is 0 Å². The molecule has 0 radical (unpaired) electrons. The van der Waals surface area contributed by atoms with E-state index < -0.39 is 0 Å². The maximum atomic E-state index is 12.1. The number of nitrogens with zero attached hydrogens (tertiary/aromatic N) is 3. The van der Waals surface area contributed by atoms with Crippen molar-refractivity contribution >= 4 is 12.0 Å². The number of hydrogen-bond donors (Lipinski definition) is 0. The smallest absolute Gasteiger partial charge is 0.246 e. The number of rotatable bonds is 2. The summed E-state index contributed by atoms with van der Waals surface area (Å²) in [6, 6.07) is 5.93. The van der Waals surface area contributed by atoms with Crippen LogP contribution in [0, 0.1) is 0 Å². The molecule has 1 aromatic heterocycles. The van der Waals surface area contributed by atoms with Gasteiger partial charge in [0.1, 0.15) is 0 Å². The van der Waals surface area contributed by atoms with Crippen LogP contribution in [0.2, 0.25) is 0 Å². The van der Waals surface area contributed by atoms with E-state index in [0.717, 1.165) is 25.3 Å². The molecule has 0 spiro atoms. The van der Waals surface area contributed by atoms with Crippen molar-refractivity contribution < 1.29 is 4.79 Å². The van der Waals surface area contributed by atoms with Crippen LogP contribution in [0.3, 0.4) is 0 Å². The predicted octanol–water partition coefficient (Wildman–Crippen LogP) is 1.26. The van der Waals surface area contributed by atoms with E-state index in [1.54, 1.807) is 18.3 Å². The van der Waals surface area contributed by atoms with E-state index in [-0.39, 0.29) is 11.9 Å². The van der Waals surface area contributed by atoms with E-state index in [1.807, 2.05) is 23.1 Å². The third kappa shape index (κ3) is 3.17. The maximum Gasteiger partial charge on any atom is 0.246 e. The highest BCUT2D eigenvalue weighted by Crippen LogP contribution is 2.09. The molecule has 1 saturated heterocycles. The quantitative estimate of drug-likeness (QED) is 0.736. The molecule has 0 bridgehead atoms. The molecule has 0 N–H and O–H groups in total. The Balaban J connectivity index is 1.98. The topological polar surface area (TPSA) is 36.4 Å². The van der Waals surface area contributed by atoms with Gasteiger partial charge in [-0.2, -0.15) is 0 Å². The molecule has 2 rings (SSSR count). The normalized spacial score (nSPS) is 21.4. The van der Waals surface area contributed by atoms with E-state index in [9.17, 15) is 4.79 Å². The summed E-state index contributed by atoms with van der Waals surface area (Å²) in [6.45, 7) is 4.75. The number of amides is 1. The third-order valence-corrected chi connectivity index (χ3v) is 3.20. The Hall–Kier alpha value is -1.68. The van der Waals surface area contributed by atoms with Gasteiger partial charge in [0.2, 0.25) is 5.91 Å². The van der Waals surface area contributed by atoms with Gasteiger partial charge in [-0.25, -0.2) is 0 Å². The highest BCUT2D eigenvalue weighted by atomic mass is 16.2. The second-order valence-corrected chi connectivity index (χ2v) is 4.73. The highest BCUT2D eigenvalue weighted by molar-refractivity contribution is 5.91. The van der Waals surface area contributed by atoms with Gasteiger partial charge in [-0.05, 0) is 32.2 Å². The van der Waals surface area contributed by atoms with Crippen molar-refractivity contribution in [3.05, 3.63) is 36.2 Å². The average Bonchev–Trinajstić information content (AvgIpc) is 2.37. The minimum Gasteiger partial charge on any atom is -0.334 e. The molecule has 0 saturated carbocycles. The Morgan fingerprint density at radius 1 is 1.44 bits per heavy atom. The highest BCUT2D eigenvalue weighted by Gasteiger charge is 2.23. The van der Waals surface area contributed by atoms with Gasteiger partial charge in [0.15, 0.2) is 0 Å². The molecule has 2 heterocycles. The number of hydrogen-bond acceptors (Lipinski definition) is 3. The van der Waals surface area contributed by atoms with Gasteiger partial charge >= 0.3 is 0 Å². The van der Waals surface area contributed by atoms with Crippen molar-refractivity contribution in [3.63, 3.8) is 0 Å². The largest absolute Gasteiger partial charge is 0.334 e. The summed E-state index contributed by atoms with van der Waals surface area (Å²) in [6.07, 6.45) is 5.11. The fraction of sp³-hybridized carbons (Fsp3) is 0.429. The fourth-order valence-electron chi connectivity index (χ4n) is 2.19. The van der Waals surface area contributed by atoms with E-state index in [2.05, 4.69) is 23.9 Å². The first-order valence-electron chi connectivity index (χ1n) is 6.25. The van der Waals surface area contributed by atoms with Crippen LogP contribution in [0.15, 0.2) is 30.5 Å². The summed E-state index contributed by atoms with van der Waals surface area (Å²) in [4.78, 5) is 20.4. The standard InChI is InChI=1S/C14H19N3O/c1-12-11-16(2)9-10-17(12)14(18)7-6-13-5-3-4-8-15-13/h3-8,12H,9-11H2,1-2H3/b7-6+. The van der Waals surface area contributed by atoms with Crippen molar-refractivity contribution in [2.24, 2.45) is 0 Å². The molecule has 0 aromatic carbocycles. The molecule has 1 atom stereocenters. The summed E-state index contributed by atoms with van der Waals surface area (Å²) in [7, 11) is 2.09. The zero-order chi connectivity index (χ0) is 13.0. The zero-order valence-corrected chi connectivity index (χ0v) is 10.9. The maximum absolute atomic E-state index is 12.1. The van der Waals surface area contributed by atoms with Crippen LogP contribution < -0.4 is 0 Å². The number of pyridine rings is 1. The van der Waals surface area contributed by atoms with Gasteiger partial charge in [-0.1, -0.05) is 6.07 Å². The molecular formula is C14H19N3O. The molecule has 1 aliphatic heterocycles. The van der Waals surface area contributed by atoms with Gasteiger partial charge in [-0.3, -0.25) is 9.78 Å². The first-order chi connectivity index (χ1) is 8.66. The van der Waals surface area contributed by atoms with Crippen LogP contribution in [0.25, 0.3) is 6.08 Å². The Labute approximate surface area is 108 Å². The monoisotopic (exact) mass is 245 g/mol. The molecule has 1 aliphatic rings. The lowest BCUT2D eigenvalue weighted by Gasteiger charge is -2.37. The summed E-state index contributed by atoms with van der Waals surface area (Å²) < 4.78 is 0. The molecular weight excluding hydrogens is 226 g/mol. The molecule has 1 fully saturated rings. The number of piperazine rings is 1. The molecule has 1 unspecified atom stereocenters. The Morgan fingerprint density at radius 3 is 2.94 bits per heavy atom. The molecule has 18 heavy (non-hydrogen) atoms. The second-order valence-electron chi connectivity index (χ2n) is 4.73. The van der Waals surface area contributed by atoms with Crippen molar-refractivity contribution in [2.75, 3.05) is 26.7 Å². The molecule has 96 valence electrons. The first-order valence-corrected chi connectivity index (χ1v) is 6.25. The SMILES string of the molecule is CC1CN(C)CCN1C(=O)/C=C/c1ccccn1. The second kappa shape index (κ2) is 5.78. The van der Waals surface area contributed by atoms with Crippen molar-refractivity contribution in [1.29, 1.82) is 0 Å². The van der Waals surface area contributed by atoms with Crippen LogP contribution in [0.1, 0.15) is 12.6 Å². The van der Waals surface area contributed by atoms with Gasteiger partial charge in [0, 0.05) is 37.9 Å². The molecule has 1 amide bonds. The molecule has 1 aromatic rings. The van der Waals surface area contributed by atoms with Crippen LogP contribution in [-0.2, 0) is 4.79 Å². The average molecular weight is 245 g/mol. The Kier molecular flexibility index (Phi) is 4.10. The van der Waals surface area contributed by atoms with Crippen LogP contribution in [0.4, 0.5) is 0 Å². The van der Waals surface area contributed by atoms with E-state index >= 15 is 0 Å². The van der Waals surface area contributed by atoms with E-state index in [1.165, 1.54) is 0 Å². The summed E-state index contributed by atoms with van der Waals surface area (Å²) in [5.74, 6) is 0.0706. The number of aromatic nitrogens is 1. The van der Waals surface area contributed by atoms with Crippen LogP contribution in [0.5, 0.6) is 0 Å². The molecule has 0 aliphatic carbocycles. The van der Waals surface area contributed by atoms with Crippen molar-refractivity contribution in [3.8, 4) is 0 Å². The lowest BCUT2D eigenvalue weighted by Crippen LogP contribution is -2.52. The van der Waals surface area contributed by atoms with Gasteiger partial charge in [0.05, 0.1) is 5.69 Å². The number of carbonyl (C=O) groups is 1.